The number of aliphatic hydroxyl groups excluding tert-OH is 1. The number of aliphatic hydroxyl groups is 1. The zero-order chi connectivity index (χ0) is 17.3. The molecule has 1 N–H and O–H groups in total. The van der Waals surface area contributed by atoms with Gasteiger partial charge in [0.15, 0.2) is 0 Å². The molecule has 0 radical (unpaired) electrons. The molecule has 0 amide bonds. The number of hydrogen-bond acceptors (Lipinski definition) is 5. The molecule has 3 saturated carbocycles. The lowest BCUT2D eigenvalue weighted by atomic mass is 9.43. The molecule has 2 saturated heterocycles. The van der Waals surface area contributed by atoms with Gasteiger partial charge in [0, 0.05) is 5.92 Å². The zero-order valence-electron chi connectivity index (χ0n) is 14.6. The van der Waals surface area contributed by atoms with Gasteiger partial charge in [-0.05, 0) is 30.1 Å². The summed E-state index contributed by atoms with van der Waals surface area (Å²) in [5, 5.41) is 9.17. The highest BCUT2D eigenvalue weighted by Crippen LogP contribution is 2.64. The minimum absolute atomic E-state index is 0.170. The average Bonchev–Trinajstić information content (AvgIpc) is 2.91. The number of fused-ring (bicyclic) bond motifs is 4. The van der Waals surface area contributed by atoms with E-state index in [1.165, 1.54) is 12.5 Å². The molecule has 1 unspecified atom stereocenters. The lowest BCUT2D eigenvalue weighted by Gasteiger charge is -2.66. The Hall–Kier alpha value is -1.34. The van der Waals surface area contributed by atoms with Gasteiger partial charge in [-0.1, -0.05) is 32.8 Å². The summed E-state index contributed by atoms with van der Waals surface area (Å²) in [5.74, 6) is 2.64. The van der Waals surface area contributed by atoms with Gasteiger partial charge in [-0.25, -0.2) is 0 Å². The highest BCUT2D eigenvalue weighted by molar-refractivity contribution is 6.71. The Morgan fingerprint density at radius 1 is 1.25 bits per heavy atom. The monoisotopic (exact) mass is 335 g/mol. The highest BCUT2D eigenvalue weighted by Gasteiger charge is 2.71. The van der Waals surface area contributed by atoms with Gasteiger partial charge < -0.3 is 18.8 Å². The van der Waals surface area contributed by atoms with Crippen LogP contribution in [0.3, 0.4) is 0 Å². The third-order valence-corrected chi connectivity index (χ3v) is 7.62. The predicted molar refractivity (Wildman–Crippen MR) is 87.1 cm³/mol. The molecule has 132 valence electrons. The summed E-state index contributed by atoms with van der Waals surface area (Å²) < 4.78 is 11.5. The largest absolute Gasteiger partial charge is 0.607 e. The SMILES string of the molecule is C[C@H]1C([N+]23CC(=O)O[B-]2(/C=C/CO)OC(=O)C3)C[C@@H]2C[C@H]1C2(C)C. The Morgan fingerprint density at radius 3 is 2.38 bits per heavy atom. The normalized spacial score (nSPS) is 48.8. The minimum Gasteiger partial charge on any atom is -0.596 e. The predicted octanol–water partition coefficient (Wildman–Crippen LogP) is 1.01. The van der Waals surface area contributed by atoms with Gasteiger partial charge >= 0.3 is 18.6 Å². The molecule has 0 spiro atoms. The van der Waals surface area contributed by atoms with Crippen LogP contribution in [0.5, 0.6) is 0 Å². The van der Waals surface area contributed by atoms with Crippen LogP contribution >= 0.6 is 0 Å². The standard InChI is InChI=1S/C17H26BNO5/c1-11-13-7-12(17(13,2)3)8-14(11)19-9-15(21)23-18(19,5-4-6-20)24-16(22)10-19/h4-5,11-14,20H,6-10H2,1-3H3/b5-4+/t11-,12+,13-,14?,18?,19?/m1/s1. The molecule has 5 rings (SSSR count). The molecule has 7 heteroatoms. The summed E-state index contributed by atoms with van der Waals surface area (Å²) in [6.07, 6.45) is 3.76. The molecule has 5 aliphatic rings. The molecule has 2 aliphatic heterocycles. The number of nitrogens with zero attached hydrogens (tertiary/aromatic N) is 1. The number of hydrogen-bond donors (Lipinski definition) is 1. The molecular weight excluding hydrogens is 309 g/mol. The van der Waals surface area contributed by atoms with Crippen LogP contribution in [0.2, 0.25) is 0 Å². The van der Waals surface area contributed by atoms with Crippen LogP contribution in [0.25, 0.3) is 0 Å². The van der Waals surface area contributed by atoms with Gasteiger partial charge in [-0.3, -0.25) is 9.59 Å². The molecule has 2 heterocycles. The third-order valence-electron chi connectivity index (χ3n) is 7.62. The Balaban J connectivity index is 1.75. The van der Waals surface area contributed by atoms with Crippen LogP contribution in [0, 0.1) is 23.2 Å². The van der Waals surface area contributed by atoms with Crippen molar-refractivity contribution in [3.8, 4) is 0 Å². The van der Waals surface area contributed by atoms with E-state index in [4.69, 9.17) is 9.31 Å². The number of carbonyl (C=O) groups excluding carboxylic acids is 2. The smallest absolute Gasteiger partial charge is 0.596 e. The van der Waals surface area contributed by atoms with Crippen LogP contribution < -0.4 is 0 Å². The first-order valence-electron chi connectivity index (χ1n) is 8.99. The minimum atomic E-state index is -2.19. The summed E-state index contributed by atoms with van der Waals surface area (Å²) >= 11 is 0. The van der Waals surface area contributed by atoms with Crippen molar-refractivity contribution in [3.05, 3.63) is 12.1 Å². The molecule has 6 nitrogen and oxygen atoms in total. The van der Waals surface area contributed by atoms with Crippen molar-refractivity contribution in [2.45, 2.75) is 39.7 Å². The highest BCUT2D eigenvalue weighted by atomic mass is 16.7. The third kappa shape index (κ3) is 1.80. The van der Waals surface area contributed by atoms with E-state index in [1.807, 2.05) is 0 Å². The summed E-state index contributed by atoms with van der Waals surface area (Å²) in [5.41, 5.74) is 0.333. The van der Waals surface area contributed by atoms with Crippen molar-refractivity contribution in [2.75, 3.05) is 19.7 Å². The first kappa shape index (κ1) is 16.2. The van der Waals surface area contributed by atoms with Crippen molar-refractivity contribution < 1.29 is 28.4 Å². The number of carbonyl (C=O) groups is 2. The maximum absolute atomic E-state index is 12.2. The average molecular weight is 335 g/mol. The summed E-state index contributed by atoms with van der Waals surface area (Å²) in [6.45, 7) is 4.94. The zero-order valence-corrected chi connectivity index (χ0v) is 14.6. The summed E-state index contributed by atoms with van der Waals surface area (Å²) in [4.78, 5) is 24.4. The van der Waals surface area contributed by atoms with Crippen molar-refractivity contribution in [2.24, 2.45) is 23.2 Å². The van der Waals surface area contributed by atoms with E-state index in [1.54, 1.807) is 5.98 Å². The van der Waals surface area contributed by atoms with E-state index in [2.05, 4.69) is 20.8 Å². The van der Waals surface area contributed by atoms with Crippen LogP contribution in [-0.4, -0.2) is 53.9 Å². The van der Waals surface area contributed by atoms with Crippen molar-refractivity contribution in [1.82, 2.24) is 0 Å². The molecule has 5 fully saturated rings. The lowest BCUT2D eigenvalue weighted by molar-refractivity contribution is -0.850. The number of quaternary nitrogens is 1. The maximum Gasteiger partial charge on any atom is 0.607 e. The van der Waals surface area contributed by atoms with Crippen LogP contribution in [-0.2, 0) is 18.9 Å². The number of rotatable bonds is 3. The van der Waals surface area contributed by atoms with Gasteiger partial charge in [-0.2, -0.15) is 0 Å². The van der Waals surface area contributed by atoms with Crippen molar-refractivity contribution >= 4 is 18.6 Å². The maximum atomic E-state index is 12.2. The molecule has 0 aromatic carbocycles. The quantitative estimate of drug-likeness (QED) is 0.780. The summed E-state index contributed by atoms with van der Waals surface area (Å²) in [6, 6.07) is 0.183. The summed E-state index contributed by atoms with van der Waals surface area (Å²) in [7, 11) is 0. The van der Waals surface area contributed by atoms with E-state index in [0.29, 0.717) is 23.2 Å². The van der Waals surface area contributed by atoms with Gasteiger partial charge in [-0.15, -0.1) is 0 Å². The van der Waals surface area contributed by atoms with E-state index in [9.17, 15) is 14.7 Å². The molecule has 0 aromatic heterocycles. The Kier molecular flexibility index (Phi) is 3.27. The van der Waals surface area contributed by atoms with Crippen LogP contribution in [0.1, 0.15) is 33.6 Å². The topological polar surface area (TPSA) is 72.8 Å². The fourth-order valence-corrected chi connectivity index (χ4v) is 6.26. The van der Waals surface area contributed by atoms with E-state index < -0.39 is 6.69 Å². The van der Waals surface area contributed by atoms with Crippen LogP contribution in [0.4, 0.5) is 0 Å². The molecule has 3 aliphatic carbocycles. The molecule has 24 heavy (non-hydrogen) atoms. The van der Waals surface area contributed by atoms with E-state index in [0.717, 1.165) is 6.42 Å². The second kappa shape index (κ2) is 4.85. The first-order chi connectivity index (χ1) is 11.3. The second-order valence-corrected chi connectivity index (χ2v) is 8.76. The van der Waals surface area contributed by atoms with Gasteiger partial charge in [0.2, 0.25) is 0 Å². The van der Waals surface area contributed by atoms with Gasteiger partial charge in [0.05, 0.1) is 12.6 Å². The fourth-order valence-electron chi connectivity index (χ4n) is 6.26. The molecule has 0 aromatic rings. The second-order valence-electron chi connectivity index (χ2n) is 8.76. The van der Waals surface area contributed by atoms with Crippen molar-refractivity contribution in [1.29, 1.82) is 0 Å². The van der Waals surface area contributed by atoms with E-state index >= 15 is 0 Å². The van der Waals surface area contributed by atoms with E-state index in [-0.39, 0.29) is 42.1 Å². The van der Waals surface area contributed by atoms with Crippen LogP contribution in [0.15, 0.2) is 12.1 Å². The Labute approximate surface area is 142 Å². The Bertz CT molecular complexity index is 610. The molecule has 2 bridgehead atoms. The first-order valence-corrected chi connectivity index (χ1v) is 8.99. The molecule has 4 atom stereocenters. The fraction of sp³-hybridized carbons (Fsp3) is 0.765. The van der Waals surface area contributed by atoms with Crippen molar-refractivity contribution in [3.63, 3.8) is 0 Å². The lowest BCUT2D eigenvalue weighted by Crippen LogP contribution is -2.73. The Morgan fingerprint density at radius 2 is 1.88 bits per heavy atom. The molecular formula is C17H26BNO5. The van der Waals surface area contributed by atoms with Gasteiger partial charge in [0.1, 0.15) is 13.1 Å². The van der Waals surface area contributed by atoms with Gasteiger partial charge in [0.25, 0.3) is 0 Å².